The Kier molecular flexibility index (Phi) is 6.74. The van der Waals surface area contributed by atoms with Crippen LogP contribution in [0.4, 0.5) is 0 Å². The number of aliphatic hydroxyl groups excluding tert-OH is 1. The van der Waals surface area contributed by atoms with E-state index in [2.05, 4.69) is 20.8 Å². The van der Waals surface area contributed by atoms with Gasteiger partial charge in [0.05, 0.1) is 24.8 Å². The molecule has 2 heterocycles. The maximum absolute atomic E-state index is 13.5. The molecule has 1 fully saturated rings. The van der Waals surface area contributed by atoms with E-state index in [0.717, 1.165) is 34.4 Å². The lowest BCUT2D eigenvalue weighted by Crippen LogP contribution is -2.29. The van der Waals surface area contributed by atoms with Gasteiger partial charge >= 0.3 is 0 Å². The van der Waals surface area contributed by atoms with Crippen LogP contribution < -0.4 is 9.47 Å². The summed E-state index contributed by atoms with van der Waals surface area (Å²) in [6.45, 7) is 9.64. The summed E-state index contributed by atoms with van der Waals surface area (Å²) >= 11 is 0. The summed E-state index contributed by atoms with van der Waals surface area (Å²) in [6, 6.07) is 20.1. The Morgan fingerprint density at radius 2 is 1.82 bits per heavy atom. The fourth-order valence-electron chi connectivity index (χ4n) is 5.14. The van der Waals surface area contributed by atoms with Crippen molar-refractivity contribution in [2.24, 2.45) is 0 Å². The van der Waals surface area contributed by atoms with Gasteiger partial charge in [-0.3, -0.25) is 9.59 Å². The number of likely N-dealkylation sites (tertiary alicyclic amines) is 1. The van der Waals surface area contributed by atoms with Crippen molar-refractivity contribution in [1.29, 1.82) is 0 Å². The molecule has 6 nitrogen and oxygen atoms in total. The first-order chi connectivity index (χ1) is 18.2. The zero-order valence-electron chi connectivity index (χ0n) is 22.3. The maximum Gasteiger partial charge on any atom is 0.295 e. The third-order valence-corrected chi connectivity index (χ3v) is 7.16. The van der Waals surface area contributed by atoms with Gasteiger partial charge in [0.2, 0.25) is 0 Å². The van der Waals surface area contributed by atoms with Crippen LogP contribution in [0.3, 0.4) is 0 Å². The highest BCUT2D eigenvalue weighted by atomic mass is 16.5. The predicted octanol–water partition coefficient (Wildman–Crippen LogP) is 5.94. The van der Waals surface area contributed by atoms with E-state index in [0.29, 0.717) is 24.5 Å². The Labute approximate surface area is 223 Å². The smallest absolute Gasteiger partial charge is 0.295 e. The van der Waals surface area contributed by atoms with Gasteiger partial charge in [-0.2, -0.15) is 0 Å². The van der Waals surface area contributed by atoms with Gasteiger partial charge in [-0.15, -0.1) is 0 Å². The minimum atomic E-state index is -0.732. The first kappa shape index (κ1) is 25.6. The van der Waals surface area contributed by atoms with E-state index in [1.807, 2.05) is 61.5 Å². The number of hydrogen-bond donors (Lipinski definition) is 1. The Balaban J connectivity index is 1.61. The molecule has 5 rings (SSSR count). The Bertz CT molecular complexity index is 1410. The van der Waals surface area contributed by atoms with Gasteiger partial charge in [0.15, 0.2) is 0 Å². The van der Waals surface area contributed by atoms with Crippen LogP contribution in [0.2, 0.25) is 0 Å². The summed E-state index contributed by atoms with van der Waals surface area (Å²) in [5.41, 5.74) is 4.27. The highest BCUT2D eigenvalue weighted by Gasteiger charge is 2.46. The molecular formula is C32H33NO5. The SMILES string of the molecule is CCOc1cccc(CN2C(=O)C(=O)/C(=C(\O)c3ccc4c(c3)CCO4)C2c2ccc(C(C)(C)C)cc2)c1. The standard InChI is InChI=1S/C32H33NO5/c1-5-37-25-8-6-7-20(17-25)19-33-28(21-9-12-24(13-10-21)32(2,3)4)27(30(35)31(33)36)29(34)23-11-14-26-22(18-23)15-16-38-26/h6-14,17-18,28,34H,5,15-16,19H2,1-4H3/b29-27-. The number of ketones is 1. The molecule has 1 unspecified atom stereocenters. The van der Waals surface area contributed by atoms with Gasteiger partial charge in [0, 0.05) is 18.5 Å². The van der Waals surface area contributed by atoms with Crippen LogP contribution in [0.5, 0.6) is 11.5 Å². The van der Waals surface area contributed by atoms with Crippen molar-refractivity contribution in [2.45, 2.75) is 52.1 Å². The van der Waals surface area contributed by atoms with Gasteiger partial charge < -0.3 is 19.5 Å². The molecule has 0 spiro atoms. The molecule has 38 heavy (non-hydrogen) atoms. The molecule has 0 bridgehead atoms. The largest absolute Gasteiger partial charge is 0.507 e. The maximum atomic E-state index is 13.5. The van der Waals surface area contributed by atoms with Crippen LogP contribution in [-0.4, -0.2) is 34.9 Å². The van der Waals surface area contributed by atoms with Gasteiger partial charge in [0.25, 0.3) is 11.7 Å². The van der Waals surface area contributed by atoms with Crippen LogP contribution in [-0.2, 0) is 28.0 Å². The minimum Gasteiger partial charge on any atom is -0.507 e. The van der Waals surface area contributed by atoms with E-state index in [1.54, 1.807) is 17.0 Å². The number of amides is 1. The summed E-state index contributed by atoms with van der Waals surface area (Å²) < 4.78 is 11.2. The van der Waals surface area contributed by atoms with Crippen molar-refractivity contribution >= 4 is 17.4 Å². The monoisotopic (exact) mass is 511 g/mol. The van der Waals surface area contributed by atoms with E-state index < -0.39 is 17.7 Å². The number of carbonyl (C=O) groups is 2. The second-order valence-corrected chi connectivity index (χ2v) is 10.8. The number of nitrogens with zero attached hydrogens (tertiary/aromatic N) is 1. The summed E-state index contributed by atoms with van der Waals surface area (Å²) in [6.07, 6.45) is 0.735. The molecule has 0 aliphatic carbocycles. The third-order valence-electron chi connectivity index (χ3n) is 7.16. The molecule has 3 aromatic rings. The van der Waals surface area contributed by atoms with Crippen molar-refractivity contribution in [3.8, 4) is 11.5 Å². The average Bonchev–Trinajstić information content (AvgIpc) is 3.46. The number of rotatable bonds is 6. The van der Waals surface area contributed by atoms with Crippen molar-refractivity contribution in [1.82, 2.24) is 4.90 Å². The predicted molar refractivity (Wildman–Crippen MR) is 146 cm³/mol. The highest BCUT2D eigenvalue weighted by Crippen LogP contribution is 2.41. The molecule has 0 radical (unpaired) electrons. The zero-order valence-corrected chi connectivity index (χ0v) is 22.3. The number of fused-ring (bicyclic) bond motifs is 1. The fraction of sp³-hybridized carbons (Fsp3) is 0.312. The topological polar surface area (TPSA) is 76.1 Å². The molecule has 1 atom stereocenters. The lowest BCUT2D eigenvalue weighted by atomic mass is 9.85. The van der Waals surface area contributed by atoms with Crippen LogP contribution in [0.1, 0.15) is 61.6 Å². The number of Topliss-reactive ketones (excluding diaryl/α,β-unsaturated/α-hetero) is 1. The third kappa shape index (κ3) is 4.78. The van der Waals surface area contributed by atoms with Crippen LogP contribution >= 0.6 is 0 Å². The minimum absolute atomic E-state index is 0.0491. The lowest BCUT2D eigenvalue weighted by molar-refractivity contribution is -0.140. The molecule has 1 amide bonds. The van der Waals surface area contributed by atoms with Crippen molar-refractivity contribution < 1.29 is 24.2 Å². The molecule has 196 valence electrons. The number of benzene rings is 3. The summed E-state index contributed by atoms with van der Waals surface area (Å²) in [7, 11) is 0. The van der Waals surface area contributed by atoms with Gasteiger partial charge in [0.1, 0.15) is 17.3 Å². The molecule has 1 N–H and O–H groups in total. The van der Waals surface area contributed by atoms with E-state index in [9.17, 15) is 14.7 Å². The van der Waals surface area contributed by atoms with Crippen molar-refractivity contribution in [2.75, 3.05) is 13.2 Å². The van der Waals surface area contributed by atoms with Crippen LogP contribution in [0, 0.1) is 0 Å². The normalized spacial score (nSPS) is 18.4. The Hall–Kier alpha value is -4.06. The van der Waals surface area contributed by atoms with Crippen molar-refractivity contribution in [3.05, 3.63) is 100 Å². The van der Waals surface area contributed by atoms with Gasteiger partial charge in [-0.25, -0.2) is 0 Å². The second-order valence-electron chi connectivity index (χ2n) is 10.8. The first-order valence-corrected chi connectivity index (χ1v) is 13.0. The highest BCUT2D eigenvalue weighted by molar-refractivity contribution is 6.46. The number of ether oxygens (including phenoxy) is 2. The van der Waals surface area contributed by atoms with E-state index in [4.69, 9.17) is 9.47 Å². The zero-order chi connectivity index (χ0) is 27.0. The average molecular weight is 512 g/mol. The van der Waals surface area contributed by atoms with Crippen LogP contribution in [0.25, 0.3) is 5.76 Å². The fourth-order valence-corrected chi connectivity index (χ4v) is 5.14. The summed E-state index contributed by atoms with van der Waals surface area (Å²) in [5, 5.41) is 11.5. The molecule has 2 aliphatic heterocycles. The van der Waals surface area contributed by atoms with Crippen LogP contribution in [0.15, 0.2) is 72.3 Å². The lowest BCUT2D eigenvalue weighted by Gasteiger charge is -2.27. The number of hydrogen-bond acceptors (Lipinski definition) is 5. The Morgan fingerprint density at radius 1 is 1.05 bits per heavy atom. The second kappa shape index (κ2) is 10.0. The first-order valence-electron chi connectivity index (χ1n) is 13.0. The quantitative estimate of drug-likeness (QED) is 0.252. The molecule has 6 heteroatoms. The van der Waals surface area contributed by atoms with Gasteiger partial charge in [-0.1, -0.05) is 57.2 Å². The molecule has 0 aromatic heterocycles. The molecule has 0 saturated carbocycles. The van der Waals surface area contributed by atoms with E-state index >= 15 is 0 Å². The number of aliphatic hydroxyl groups is 1. The molecule has 2 aliphatic rings. The molecule has 1 saturated heterocycles. The molecule has 3 aromatic carbocycles. The summed E-state index contributed by atoms with van der Waals surface area (Å²) in [4.78, 5) is 28.5. The van der Waals surface area contributed by atoms with E-state index in [-0.39, 0.29) is 23.3 Å². The van der Waals surface area contributed by atoms with Crippen molar-refractivity contribution in [3.63, 3.8) is 0 Å². The molecular weight excluding hydrogens is 478 g/mol. The van der Waals surface area contributed by atoms with E-state index in [1.165, 1.54) is 0 Å². The summed E-state index contributed by atoms with van der Waals surface area (Å²) in [5.74, 6) is -0.0140. The Morgan fingerprint density at radius 3 is 2.53 bits per heavy atom. The van der Waals surface area contributed by atoms with Gasteiger partial charge in [-0.05, 0) is 64.9 Å². The number of carbonyl (C=O) groups excluding carboxylic acids is 2.